The zero-order valence-corrected chi connectivity index (χ0v) is 15.5. The first-order valence-electron chi connectivity index (χ1n) is 8.65. The lowest BCUT2D eigenvalue weighted by atomic mass is 10.1. The monoisotopic (exact) mass is 411 g/mol. The SMILES string of the molecule is C[C@@H](CCc1ccc(Oc2ccc(N)cn2)cc1)NC(=O)COC(=O)C(F)(F)F. The number of nitrogens with one attached hydrogen (secondary N) is 1. The van der Waals surface area contributed by atoms with Gasteiger partial charge in [0.15, 0.2) is 6.61 Å². The fourth-order valence-corrected chi connectivity index (χ4v) is 2.28. The summed E-state index contributed by atoms with van der Waals surface area (Å²) in [5.74, 6) is -2.18. The lowest BCUT2D eigenvalue weighted by molar-refractivity contribution is -0.200. The zero-order chi connectivity index (χ0) is 21.4. The van der Waals surface area contributed by atoms with Gasteiger partial charge in [0, 0.05) is 12.1 Å². The summed E-state index contributed by atoms with van der Waals surface area (Å²) in [6.07, 6.45) is -2.47. The summed E-state index contributed by atoms with van der Waals surface area (Å²) in [5, 5.41) is 2.48. The van der Waals surface area contributed by atoms with E-state index in [2.05, 4.69) is 15.0 Å². The number of nitrogen functional groups attached to an aromatic ring is 1. The van der Waals surface area contributed by atoms with Crippen molar-refractivity contribution in [3.05, 3.63) is 48.2 Å². The molecule has 0 unspecified atom stereocenters. The molecule has 1 heterocycles. The van der Waals surface area contributed by atoms with Crippen LogP contribution in [-0.4, -0.2) is 35.7 Å². The number of amides is 1. The minimum Gasteiger partial charge on any atom is -0.449 e. The van der Waals surface area contributed by atoms with Crippen LogP contribution >= 0.6 is 0 Å². The van der Waals surface area contributed by atoms with Gasteiger partial charge in [0.2, 0.25) is 5.88 Å². The van der Waals surface area contributed by atoms with Gasteiger partial charge in [-0.1, -0.05) is 12.1 Å². The fourth-order valence-electron chi connectivity index (χ4n) is 2.28. The number of pyridine rings is 1. The number of aromatic nitrogens is 1. The van der Waals surface area contributed by atoms with Crippen LogP contribution in [0.4, 0.5) is 18.9 Å². The molecule has 1 aromatic heterocycles. The van der Waals surface area contributed by atoms with Crippen molar-refractivity contribution in [1.29, 1.82) is 0 Å². The third-order valence-corrected chi connectivity index (χ3v) is 3.74. The van der Waals surface area contributed by atoms with E-state index in [0.717, 1.165) is 5.56 Å². The first-order valence-corrected chi connectivity index (χ1v) is 8.65. The standard InChI is InChI=1S/C19H20F3N3O4/c1-12(25-16(26)11-28-18(27)19(20,21)22)2-3-13-4-7-15(8-5-13)29-17-9-6-14(23)10-24-17/h4-10,12H,2-3,11,23H2,1H3,(H,25,26)/t12-/m0/s1. The minimum absolute atomic E-state index is 0.318. The highest BCUT2D eigenvalue weighted by molar-refractivity contribution is 5.82. The number of carbonyl (C=O) groups excluding carboxylic acids is 2. The highest BCUT2D eigenvalue weighted by atomic mass is 19.4. The van der Waals surface area contributed by atoms with Crippen LogP contribution in [-0.2, 0) is 20.7 Å². The Labute approximate surface area is 165 Å². The summed E-state index contributed by atoms with van der Waals surface area (Å²) in [7, 11) is 0. The Kier molecular flexibility index (Phi) is 7.40. The molecule has 0 bridgehead atoms. The summed E-state index contributed by atoms with van der Waals surface area (Å²) >= 11 is 0. The van der Waals surface area contributed by atoms with Crippen LogP contribution in [0.5, 0.6) is 11.6 Å². The maximum atomic E-state index is 12.0. The summed E-state index contributed by atoms with van der Waals surface area (Å²) in [6, 6.07) is 10.3. The van der Waals surface area contributed by atoms with Gasteiger partial charge in [0.05, 0.1) is 11.9 Å². The number of rotatable bonds is 8. The molecule has 1 atom stereocenters. The Hall–Kier alpha value is -3.30. The van der Waals surface area contributed by atoms with E-state index in [-0.39, 0.29) is 6.04 Å². The summed E-state index contributed by atoms with van der Waals surface area (Å²) in [4.78, 5) is 26.2. The predicted octanol–water partition coefficient (Wildman–Crippen LogP) is 3.00. The van der Waals surface area contributed by atoms with Crippen molar-refractivity contribution < 1.29 is 32.2 Å². The number of hydrogen-bond donors (Lipinski definition) is 2. The molecule has 1 aromatic carbocycles. The van der Waals surface area contributed by atoms with Crippen LogP contribution in [0.3, 0.4) is 0 Å². The Morgan fingerprint density at radius 1 is 1.17 bits per heavy atom. The number of benzene rings is 1. The van der Waals surface area contributed by atoms with Crippen LogP contribution in [0.15, 0.2) is 42.6 Å². The molecule has 0 aliphatic rings. The van der Waals surface area contributed by atoms with Crippen molar-refractivity contribution in [3.8, 4) is 11.6 Å². The highest BCUT2D eigenvalue weighted by Gasteiger charge is 2.41. The molecule has 0 radical (unpaired) electrons. The van der Waals surface area contributed by atoms with Gasteiger partial charge in [-0.3, -0.25) is 4.79 Å². The number of aryl methyl sites for hydroxylation is 1. The molecular formula is C19H20F3N3O4. The van der Waals surface area contributed by atoms with Gasteiger partial charge >= 0.3 is 12.1 Å². The largest absolute Gasteiger partial charge is 0.490 e. The fraction of sp³-hybridized carbons (Fsp3) is 0.316. The minimum atomic E-state index is -5.12. The lowest BCUT2D eigenvalue weighted by Crippen LogP contribution is -2.37. The molecule has 2 aromatic rings. The van der Waals surface area contributed by atoms with Crippen molar-refractivity contribution >= 4 is 17.6 Å². The normalized spacial score (nSPS) is 12.1. The van der Waals surface area contributed by atoms with Crippen molar-refractivity contribution in [2.45, 2.75) is 32.0 Å². The molecule has 10 heteroatoms. The first kappa shape index (κ1) is 22.0. The number of carbonyl (C=O) groups is 2. The molecule has 0 aliphatic carbocycles. The molecule has 0 aliphatic heterocycles. The van der Waals surface area contributed by atoms with Gasteiger partial charge in [-0.15, -0.1) is 0 Å². The molecule has 0 saturated carbocycles. The van der Waals surface area contributed by atoms with E-state index < -0.39 is 24.7 Å². The van der Waals surface area contributed by atoms with E-state index in [0.29, 0.717) is 30.2 Å². The molecule has 0 saturated heterocycles. The number of hydrogen-bond acceptors (Lipinski definition) is 6. The molecule has 7 nitrogen and oxygen atoms in total. The van der Waals surface area contributed by atoms with Crippen molar-refractivity contribution in [3.63, 3.8) is 0 Å². The lowest BCUT2D eigenvalue weighted by Gasteiger charge is -2.14. The second-order valence-corrected chi connectivity index (χ2v) is 6.26. The second-order valence-electron chi connectivity index (χ2n) is 6.26. The molecule has 0 fully saturated rings. The summed E-state index contributed by atoms with van der Waals surface area (Å²) in [5.41, 5.74) is 7.08. The van der Waals surface area contributed by atoms with Crippen LogP contribution in [0.25, 0.3) is 0 Å². The average molecular weight is 411 g/mol. The van der Waals surface area contributed by atoms with Gasteiger partial charge in [-0.05, 0) is 43.5 Å². The zero-order valence-electron chi connectivity index (χ0n) is 15.5. The van der Waals surface area contributed by atoms with Crippen molar-refractivity contribution in [2.24, 2.45) is 0 Å². The third-order valence-electron chi connectivity index (χ3n) is 3.74. The maximum absolute atomic E-state index is 12.0. The number of alkyl halides is 3. The first-order chi connectivity index (χ1) is 13.6. The van der Waals surface area contributed by atoms with E-state index in [9.17, 15) is 22.8 Å². The Balaban J connectivity index is 1.74. The average Bonchev–Trinajstić information content (AvgIpc) is 2.66. The quantitative estimate of drug-likeness (QED) is 0.648. The number of halogens is 3. The predicted molar refractivity (Wildman–Crippen MR) is 98.1 cm³/mol. The number of ether oxygens (including phenoxy) is 2. The molecule has 0 spiro atoms. The van der Waals surface area contributed by atoms with E-state index in [1.165, 1.54) is 6.20 Å². The van der Waals surface area contributed by atoms with E-state index in [1.807, 2.05) is 12.1 Å². The molecule has 1 amide bonds. The molecule has 29 heavy (non-hydrogen) atoms. The van der Waals surface area contributed by atoms with Gasteiger partial charge in [-0.25, -0.2) is 9.78 Å². The highest BCUT2D eigenvalue weighted by Crippen LogP contribution is 2.21. The summed E-state index contributed by atoms with van der Waals surface area (Å²) < 4.78 is 45.5. The number of nitrogens with zero attached hydrogens (tertiary/aromatic N) is 1. The Morgan fingerprint density at radius 2 is 1.86 bits per heavy atom. The van der Waals surface area contributed by atoms with Crippen molar-refractivity contribution in [2.75, 3.05) is 12.3 Å². The number of nitrogens with two attached hydrogens (primary N) is 1. The van der Waals surface area contributed by atoms with Crippen LogP contribution in [0.2, 0.25) is 0 Å². The van der Waals surface area contributed by atoms with E-state index in [4.69, 9.17) is 10.5 Å². The third kappa shape index (κ3) is 7.68. The molecule has 3 N–H and O–H groups in total. The van der Waals surface area contributed by atoms with E-state index in [1.54, 1.807) is 31.2 Å². The second kappa shape index (κ2) is 9.76. The van der Waals surface area contributed by atoms with E-state index >= 15 is 0 Å². The number of anilines is 1. The van der Waals surface area contributed by atoms with Crippen LogP contribution in [0.1, 0.15) is 18.9 Å². The molecular weight excluding hydrogens is 391 g/mol. The van der Waals surface area contributed by atoms with Crippen LogP contribution < -0.4 is 15.8 Å². The Bertz CT molecular complexity index is 824. The number of esters is 1. The van der Waals surface area contributed by atoms with Gasteiger partial charge < -0.3 is 20.5 Å². The summed E-state index contributed by atoms with van der Waals surface area (Å²) in [6.45, 7) is 0.724. The smallest absolute Gasteiger partial charge is 0.449 e. The maximum Gasteiger partial charge on any atom is 0.490 e. The Morgan fingerprint density at radius 3 is 2.45 bits per heavy atom. The van der Waals surface area contributed by atoms with Crippen molar-refractivity contribution in [1.82, 2.24) is 10.3 Å². The topological polar surface area (TPSA) is 104 Å². The van der Waals surface area contributed by atoms with Gasteiger partial charge in [0.1, 0.15) is 5.75 Å². The van der Waals surface area contributed by atoms with Gasteiger partial charge in [-0.2, -0.15) is 13.2 Å². The molecule has 156 valence electrons. The molecule has 2 rings (SSSR count). The van der Waals surface area contributed by atoms with Crippen LogP contribution in [0, 0.1) is 0 Å². The van der Waals surface area contributed by atoms with Gasteiger partial charge in [0.25, 0.3) is 5.91 Å².